The summed E-state index contributed by atoms with van der Waals surface area (Å²) in [6, 6.07) is 3.73. The molecule has 0 fully saturated rings. The number of carbonyl (C=O) groups excluding carboxylic acids is 1. The van der Waals surface area contributed by atoms with Crippen molar-refractivity contribution >= 4 is 22.2 Å². The zero-order valence-corrected chi connectivity index (χ0v) is 10.3. The molecular formula is C11H13BrO3. The summed E-state index contributed by atoms with van der Waals surface area (Å²) >= 11 is 3.38. The molecule has 0 saturated carbocycles. The third-order valence-corrected chi connectivity index (χ3v) is 2.71. The van der Waals surface area contributed by atoms with Crippen molar-refractivity contribution in [1.29, 1.82) is 0 Å². The van der Waals surface area contributed by atoms with E-state index in [-0.39, 0.29) is 0 Å². The summed E-state index contributed by atoms with van der Waals surface area (Å²) < 4.78 is 11.2. The highest BCUT2D eigenvalue weighted by Crippen LogP contribution is 2.33. The van der Waals surface area contributed by atoms with E-state index in [2.05, 4.69) is 15.9 Å². The number of benzene rings is 1. The first-order valence-electron chi connectivity index (χ1n) is 4.57. The molecule has 0 radical (unpaired) electrons. The first-order chi connectivity index (χ1) is 7.22. The summed E-state index contributed by atoms with van der Waals surface area (Å²) in [6.07, 6.45) is 2.05. The van der Waals surface area contributed by atoms with Crippen molar-refractivity contribution in [2.45, 2.75) is 12.8 Å². The summed E-state index contributed by atoms with van der Waals surface area (Å²) in [5.74, 6) is 1.52. The van der Waals surface area contributed by atoms with E-state index in [1.54, 1.807) is 14.2 Å². The molecular weight excluding hydrogens is 260 g/mol. The number of aldehydes is 1. The lowest BCUT2D eigenvalue weighted by atomic mass is 10.1. The van der Waals surface area contributed by atoms with Crippen LogP contribution in [0, 0.1) is 0 Å². The average Bonchev–Trinajstić information content (AvgIpc) is 2.26. The minimum atomic E-state index is 0.487. The highest BCUT2D eigenvalue weighted by atomic mass is 79.9. The highest BCUT2D eigenvalue weighted by Gasteiger charge is 2.08. The van der Waals surface area contributed by atoms with Gasteiger partial charge in [0.1, 0.15) is 17.8 Å². The van der Waals surface area contributed by atoms with Gasteiger partial charge in [-0.1, -0.05) is 0 Å². The number of hydrogen-bond acceptors (Lipinski definition) is 3. The van der Waals surface area contributed by atoms with Gasteiger partial charge in [-0.3, -0.25) is 0 Å². The van der Waals surface area contributed by atoms with Crippen molar-refractivity contribution in [3.05, 3.63) is 22.2 Å². The van der Waals surface area contributed by atoms with E-state index < -0.39 is 0 Å². The van der Waals surface area contributed by atoms with Gasteiger partial charge in [-0.05, 0) is 40.0 Å². The molecule has 0 aliphatic heterocycles. The maximum absolute atomic E-state index is 10.3. The van der Waals surface area contributed by atoms with Gasteiger partial charge in [0.15, 0.2) is 0 Å². The van der Waals surface area contributed by atoms with Crippen molar-refractivity contribution in [3.8, 4) is 11.5 Å². The Labute approximate surface area is 97.5 Å². The van der Waals surface area contributed by atoms with E-state index in [1.165, 1.54) is 0 Å². The molecule has 4 heteroatoms. The van der Waals surface area contributed by atoms with Gasteiger partial charge < -0.3 is 14.3 Å². The summed E-state index contributed by atoms with van der Waals surface area (Å²) in [6.45, 7) is 0. The molecule has 1 aromatic rings. The first-order valence-corrected chi connectivity index (χ1v) is 5.36. The zero-order valence-electron chi connectivity index (χ0n) is 8.75. The zero-order chi connectivity index (χ0) is 11.3. The highest BCUT2D eigenvalue weighted by molar-refractivity contribution is 9.10. The van der Waals surface area contributed by atoms with E-state index in [1.807, 2.05) is 12.1 Å². The maximum Gasteiger partial charge on any atom is 0.133 e. The quantitative estimate of drug-likeness (QED) is 0.773. The Morgan fingerprint density at radius 2 is 1.93 bits per heavy atom. The molecule has 0 spiro atoms. The summed E-state index contributed by atoms with van der Waals surface area (Å²) in [5, 5.41) is 0. The fraction of sp³-hybridized carbons (Fsp3) is 0.364. The third kappa shape index (κ3) is 2.96. The molecule has 0 saturated heterocycles. The molecule has 0 bridgehead atoms. The predicted molar refractivity (Wildman–Crippen MR) is 61.6 cm³/mol. The van der Waals surface area contributed by atoms with Crippen LogP contribution in [0.1, 0.15) is 12.0 Å². The van der Waals surface area contributed by atoms with Crippen molar-refractivity contribution in [3.63, 3.8) is 0 Å². The lowest BCUT2D eigenvalue weighted by Crippen LogP contribution is -1.95. The van der Waals surface area contributed by atoms with Crippen LogP contribution in [0.5, 0.6) is 11.5 Å². The number of rotatable bonds is 5. The fourth-order valence-electron chi connectivity index (χ4n) is 1.33. The Morgan fingerprint density at radius 1 is 1.27 bits per heavy atom. The van der Waals surface area contributed by atoms with Crippen LogP contribution in [0.15, 0.2) is 16.6 Å². The van der Waals surface area contributed by atoms with Crippen LogP contribution in [-0.2, 0) is 11.2 Å². The van der Waals surface area contributed by atoms with Gasteiger partial charge in [-0.25, -0.2) is 0 Å². The average molecular weight is 273 g/mol. The summed E-state index contributed by atoms with van der Waals surface area (Å²) in [5.41, 5.74) is 0.977. The van der Waals surface area contributed by atoms with E-state index in [4.69, 9.17) is 9.47 Å². The molecule has 1 rings (SSSR count). The van der Waals surface area contributed by atoms with E-state index in [0.29, 0.717) is 12.8 Å². The molecule has 0 N–H and O–H groups in total. The van der Waals surface area contributed by atoms with Gasteiger partial charge in [0.05, 0.1) is 18.7 Å². The first kappa shape index (κ1) is 12.0. The van der Waals surface area contributed by atoms with Crippen LogP contribution in [0.2, 0.25) is 0 Å². The van der Waals surface area contributed by atoms with Gasteiger partial charge in [0.2, 0.25) is 0 Å². The Morgan fingerprint density at radius 3 is 2.47 bits per heavy atom. The van der Waals surface area contributed by atoms with Gasteiger partial charge in [0, 0.05) is 6.42 Å². The Hall–Kier alpha value is -1.03. The molecule has 3 nitrogen and oxygen atoms in total. The fourth-order valence-corrected chi connectivity index (χ4v) is 1.82. The lowest BCUT2D eigenvalue weighted by Gasteiger charge is -2.11. The number of aryl methyl sites for hydroxylation is 1. The number of halogens is 1. The second-order valence-corrected chi connectivity index (χ2v) is 3.86. The maximum atomic E-state index is 10.3. The van der Waals surface area contributed by atoms with Crippen LogP contribution in [0.3, 0.4) is 0 Å². The minimum absolute atomic E-state index is 0.487. The molecule has 0 unspecified atom stereocenters. The topological polar surface area (TPSA) is 35.5 Å². The van der Waals surface area contributed by atoms with Crippen molar-refractivity contribution in [1.82, 2.24) is 0 Å². The molecule has 0 aliphatic carbocycles. The van der Waals surface area contributed by atoms with Crippen LogP contribution < -0.4 is 9.47 Å². The summed E-state index contributed by atoms with van der Waals surface area (Å²) in [7, 11) is 3.22. The normalized spacial score (nSPS) is 9.80. The molecule has 82 valence electrons. The SMILES string of the molecule is COc1cc(CCC=O)c(OC)cc1Br. The standard InChI is InChI=1S/C11H13BrO3/c1-14-10-7-9(12)11(15-2)6-8(10)4-3-5-13/h5-7H,3-4H2,1-2H3. The van der Waals surface area contributed by atoms with E-state index in [9.17, 15) is 4.79 Å². The smallest absolute Gasteiger partial charge is 0.133 e. The Bertz CT molecular complexity index is 350. The van der Waals surface area contributed by atoms with E-state index in [0.717, 1.165) is 27.8 Å². The largest absolute Gasteiger partial charge is 0.496 e. The second kappa shape index (κ2) is 5.75. The van der Waals surface area contributed by atoms with Gasteiger partial charge in [0.25, 0.3) is 0 Å². The molecule has 0 heterocycles. The number of ether oxygens (including phenoxy) is 2. The number of hydrogen-bond donors (Lipinski definition) is 0. The van der Waals surface area contributed by atoms with Crippen LogP contribution in [0.25, 0.3) is 0 Å². The monoisotopic (exact) mass is 272 g/mol. The number of carbonyl (C=O) groups is 1. The van der Waals surface area contributed by atoms with E-state index >= 15 is 0 Å². The van der Waals surface area contributed by atoms with Crippen molar-refractivity contribution in [2.75, 3.05) is 14.2 Å². The molecule has 1 aromatic carbocycles. The predicted octanol–water partition coefficient (Wildman–Crippen LogP) is 2.60. The van der Waals surface area contributed by atoms with Gasteiger partial charge in [-0.15, -0.1) is 0 Å². The molecule has 0 atom stereocenters. The second-order valence-electron chi connectivity index (χ2n) is 3.00. The molecule has 0 aromatic heterocycles. The molecule has 0 amide bonds. The van der Waals surface area contributed by atoms with Crippen LogP contribution in [-0.4, -0.2) is 20.5 Å². The number of methoxy groups -OCH3 is 2. The Balaban J connectivity index is 3.04. The Kier molecular flexibility index (Phi) is 4.62. The van der Waals surface area contributed by atoms with Gasteiger partial charge in [-0.2, -0.15) is 0 Å². The van der Waals surface area contributed by atoms with Crippen molar-refractivity contribution in [2.24, 2.45) is 0 Å². The molecule has 15 heavy (non-hydrogen) atoms. The van der Waals surface area contributed by atoms with Crippen molar-refractivity contribution < 1.29 is 14.3 Å². The van der Waals surface area contributed by atoms with Gasteiger partial charge >= 0.3 is 0 Å². The lowest BCUT2D eigenvalue weighted by molar-refractivity contribution is -0.107. The third-order valence-electron chi connectivity index (χ3n) is 2.09. The van der Waals surface area contributed by atoms with Crippen LogP contribution >= 0.6 is 15.9 Å². The minimum Gasteiger partial charge on any atom is -0.496 e. The van der Waals surface area contributed by atoms with Crippen LogP contribution in [0.4, 0.5) is 0 Å². The summed E-state index contributed by atoms with van der Waals surface area (Å²) in [4.78, 5) is 10.3. The molecule has 0 aliphatic rings.